The number of amides is 1. The number of benzene rings is 1. The standard InChI is InChI=1S/C18H16N4O2/c23-18(14-3-4-15-13(10-14)2-1-5-20-15)22-8-9-24-17(12-22)16-11-19-6-7-21-16/h1-7,10-11,17H,8-9,12H2. The largest absolute Gasteiger partial charge is 0.368 e. The summed E-state index contributed by atoms with van der Waals surface area (Å²) in [6.07, 6.45) is 6.45. The summed E-state index contributed by atoms with van der Waals surface area (Å²) in [5.41, 5.74) is 2.29. The number of aromatic nitrogens is 3. The van der Waals surface area contributed by atoms with Gasteiger partial charge < -0.3 is 9.64 Å². The third kappa shape index (κ3) is 2.83. The van der Waals surface area contributed by atoms with Gasteiger partial charge in [0, 0.05) is 36.1 Å². The number of rotatable bonds is 2. The number of hydrogen-bond donors (Lipinski definition) is 0. The van der Waals surface area contributed by atoms with Crippen LogP contribution < -0.4 is 0 Å². The molecule has 6 nitrogen and oxygen atoms in total. The predicted octanol–water partition coefficient (Wildman–Crippen LogP) is 2.24. The first kappa shape index (κ1) is 14.7. The van der Waals surface area contributed by atoms with Gasteiger partial charge in [-0.25, -0.2) is 0 Å². The smallest absolute Gasteiger partial charge is 0.254 e. The fraction of sp³-hybridized carbons (Fsp3) is 0.222. The van der Waals surface area contributed by atoms with E-state index in [-0.39, 0.29) is 12.0 Å². The highest BCUT2D eigenvalue weighted by Crippen LogP contribution is 2.22. The molecule has 1 aliphatic heterocycles. The van der Waals surface area contributed by atoms with E-state index in [1.165, 1.54) is 0 Å². The van der Waals surface area contributed by atoms with Crippen LogP contribution in [0.5, 0.6) is 0 Å². The maximum absolute atomic E-state index is 12.8. The molecular weight excluding hydrogens is 304 g/mol. The quantitative estimate of drug-likeness (QED) is 0.724. The lowest BCUT2D eigenvalue weighted by Crippen LogP contribution is -2.42. The Kier molecular flexibility index (Phi) is 3.88. The fourth-order valence-corrected chi connectivity index (χ4v) is 2.88. The summed E-state index contributed by atoms with van der Waals surface area (Å²) in [5, 5.41) is 0.960. The minimum Gasteiger partial charge on any atom is -0.368 e. The molecule has 24 heavy (non-hydrogen) atoms. The Morgan fingerprint density at radius 2 is 2.12 bits per heavy atom. The molecule has 1 aromatic carbocycles. The third-order valence-electron chi connectivity index (χ3n) is 4.12. The number of morpholine rings is 1. The summed E-state index contributed by atoms with van der Waals surface area (Å²) in [6, 6.07) is 9.42. The van der Waals surface area contributed by atoms with Gasteiger partial charge in [0.1, 0.15) is 6.10 Å². The van der Waals surface area contributed by atoms with Gasteiger partial charge in [-0.15, -0.1) is 0 Å². The number of hydrogen-bond acceptors (Lipinski definition) is 5. The second-order valence-corrected chi connectivity index (χ2v) is 5.65. The molecule has 0 spiro atoms. The van der Waals surface area contributed by atoms with Crippen molar-refractivity contribution < 1.29 is 9.53 Å². The van der Waals surface area contributed by atoms with Gasteiger partial charge >= 0.3 is 0 Å². The van der Waals surface area contributed by atoms with Crippen molar-refractivity contribution in [3.8, 4) is 0 Å². The molecule has 1 fully saturated rings. The van der Waals surface area contributed by atoms with Crippen molar-refractivity contribution in [3.05, 3.63) is 66.4 Å². The zero-order chi connectivity index (χ0) is 16.4. The zero-order valence-electron chi connectivity index (χ0n) is 13.0. The molecule has 1 unspecified atom stereocenters. The Morgan fingerprint density at radius 1 is 1.17 bits per heavy atom. The number of pyridine rings is 1. The van der Waals surface area contributed by atoms with Crippen molar-refractivity contribution in [1.29, 1.82) is 0 Å². The lowest BCUT2D eigenvalue weighted by Gasteiger charge is -2.32. The molecule has 0 saturated carbocycles. The van der Waals surface area contributed by atoms with E-state index in [2.05, 4.69) is 15.0 Å². The average molecular weight is 320 g/mol. The van der Waals surface area contributed by atoms with Crippen LogP contribution in [0.3, 0.4) is 0 Å². The first-order valence-corrected chi connectivity index (χ1v) is 7.83. The monoisotopic (exact) mass is 320 g/mol. The summed E-state index contributed by atoms with van der Waals surface area (Å²) < 4.78 is 5.74. The Hall–Kier alpha value is -2.86. The predicted molar refractivity (Wildman–Crippen MR) is 88.4 cm³/mol. The second-order valence-electron chi connectivity index (χ2n) is 5.65. The van der Waals surface area contributed by atoms with Crippen LogP contribution >= 0.6 is 0 Å². The minimum atomic E-state index is -0.237. The van der Waals surface area contributed by atoms with Gasteiger partial charge in [0.05, 0.1) is 30.6 Å². The van der Waals surface area contributed by atoms with Crippen LogP contribution in [0.25, 0.3) is 10.9 Å². The average Bonchev–Trinajstić information content (AvgIpc) is 2.68. The molecule has 0 aliphatic carbocycles. The van der Waals surface area contributed by atoms with E-state index in [1.54, 1.807) is 29.7 Å². The Balaban J connectivity index is 1.56. The lowest BCUT2D eigenvalue weighted by molar-refractivity contribution is -0.0248. The molecule has 1 saturated heterocycles. The number of nitrogens with zero attached hydrogens (tertiary/aromatic N) is 4. The van der Waals surface area contributed by atoms with Gasteiger partial charge in [-0.1, -0.05) is 6.07 Å². The van der Waals surface area contributed by atoms with Crippen molar-refractivity contribution in [1.82, 2.24) is 19.9 Å². The second kappa shape index (κ2) is 6.33. The van der Waals surface area contributed by atoms with Crippen molar-refractivity contribution >= 4 is 16.8 Å². The van der Waals surface area contributed by atoms with E-state index >= 15 is 0 Å². The van der Waals surface area contributed by atoms with Crippen molar-refractivity contribution in [3.63, 3.8) is 0 Å². The fourth-order valence-electron chi connectivity index (χ4n) is 2.88. The molecule has 0 bridgehead atoms. The highest BCUT2D eigenvalue weighted by Gasteiger charge is 2.27. The Morgan fingerprint density at radius 3 is 3.00 bits per heavy atom. The maximum Gasteiger partial charge on any atom is 0.254 e. The van der Waals surface area contributed by atoms with Crippen LogP contribution in [-0.2, 0) is 4.74 Å². The van der Waals surface area contributed by atoms with Crippen molar-refractivity contribution in [2.45, 2.75) is 6.10 Å². The SMILES string of the molecule is O=C(c1ccc2ncccc2c1)N1CCOC(c2cnccn2)C1. The van der Waals surface area contributed by atoms with Crippen LogP contribution in [0, 0.1) is 0 Å². The minimum absolute atomic E-state index is 0.00190. The van der Waals surface area contributed by atoms with E-state index in [9.17, 15) is 4.79 Å². The number of fused-ring (bicyclic) bond motifs is 1. The lowest BCUT2D eigenvalue weighted by atomic mass is 10.1. The molecule has 6 heteroatoms. The third-order valence-corrected chi connectivity index (χ3v) is 4.12. The molecule has 2 aromatic heterocycles. The molecular formula is C18H16N4O2. The maximum atomic E-state index is 12.8. The van der Waals surface area contributed by atoms with Crippen LogP contribution in [0.2, 0.25) is 0 Å². The van der Waals surface area contributed by atoms with E-state index in [0.29, 0.717) is 25.3 Å². The van der Waals surface area contributed by atoms with Gasteiger partial charge in [-0.2, -0.15) is 0 Å². The van der Waals surface area contributed by atoms with Crippen LogP contribution in [0.4, 0.5) is 0 Å². The topological polar surface area (TPSA) is 68.2 Å². The van der Waals surface area contributed by atoms with Crippen molar-refractivity contribution in [2.75, 3.05) is 19.7 Å². The molecule has 4 rings (SSSR count). The summed E-state index contributed by atoms with van der Waals surface area (Å²) in [7, 11) is 0. The number of ether oxygens (including phenoxy) is 1. The molecule has 3 aromatic rings. The summed E-state index contributed by atoms with van der Waals surface area (Å²) in [6.45, 7) is 1.53. The van der Waals surface area contributed by atoms with Crippen LogP contribution in [0.15, 0.2) is 55.1 Å². The number of carbonyl (C=O) groups excluding carboxylic acids is 1. The highest BCUT2D eigenvalue weighted by molar-refractivity contribution is 5.98. The summed E-state index contributed by atoms with van der Waals surface area (Å²) in [4.78, 5) is 27.3. The normalized spacial score (nSPS) is 17.8. The zero-order valence-corrected chi connectivity index (χ0v) is 13.0. The Bertz CT molecular complexity index is 869. The highest BCUT2D eigenvalue weighted by atomic mass is 16.5. The molecule has 1 aliphatic rings. The van der Waals surface area contributed by atoms with Crippen LogP contribution in [-0.4, -0.2) is 45.5 Å². The van der Waals surface area contributed by atoms with Gasteiger partial charge in [-0.05, 0) is 24.3 Å². The molecule has 0 radical (unpaired) electrons. The van der Waals surface area contributed by atoms with Gasteiger partial charge in [-0.3, -0.25) is 19.7 Å². The van der Waals surface area contributed by atoms with Crippen LogP contribution in [0.1, 0.15) is 22.2 Å². The molecule has 120 valence electrons. The van der Waals surface area contributed by atoms with Gasteiger partial charge in [0.15, 0.2) is 0 Å². The van der Waals surface area contributed by atoms with E-state index in [1.807, 2.05) is 30.3 Å². The summed E-state index contributed by atoms with van der Waals surface area (Å²) in [5.74, 6) is -0.00190. The first-order valence-electron chi connectivity index (χ1n) is 7.83. The first-order chi connectivity index (χ1) is 11.8. The van der Waals surface area contributed by atoms with Gasteiger partial charge in [0.2, 0.25) is 0 Å². The molecule has 1 atom stereocenters. The van der Waals surface area contributed by atoms with Gasteiger partial charge in [0.25, 0.3) is 5.91 Å². The molecule has 1 amide bonds. The number of carbonyl (C=O) groups is 1. The molecule has 0 N–H and O–H groups in total. The molecule has 3 heterocycles. The van der Waals surface area contributed by atoms with E-state index in [4.69, 9.17) is 4.74 Å². The Labute approximate surface area is 139 Å². The van der Waals surface area contributed by atoms with E-state index in [0.717, 1.165) is 16.6 Å². The summed E-state index contributed by atoms with van der Waals surface area (Å²) >= 11 is 0. The van der Waals surface area contributed by atoms with Crippen molar-refractivity contribution in [2.24, 2.45) is 0 Å². The van der Waals surface area contributed by atoms with E-state index < -0.39 is 0 Å².